The van der Waals surface area contributed by atoms with Gasteiger partial charge in [-0.15, -0.1) is 11.3 Å². The normalized spacial score (nSPS) is 15.7. The molecule has 0 bridgehead atoms. The Morgan fingerprint density at radius 2 is 2.19 bits per heavy atom. The number of ether oxygens (including phenoxy) is 1. The van der Waals surface area contributed by atoms with Crippen LogP contribution in [0.3, 0.4) is 0 Å². The van der Waals surface area contributed by atoms with E-state index in [1.54, 1.807) is 6.92 Å². The molecule has 4 nitrogen and oxygen atoms in total. The molecule has 1 aliphatic rings. The Balaban J connectivity index is 1.49. The highest BCUT2D eigenvalue weighted by Crippen LogP contribution is 2.40. The summed E-state index contributed by atoms with van der Waals surface area (Å²) >= 11 is 1.48. The highest BCUT2D eigenvalue weighted by Gasteiger charge is 2.26. The van der Waals surface area contributed by atoms with Gasteiger partial charge >= 0.3 is 0 Å². The van der Waals surface area contributed by atoms with E-state index in [4.69, 9.17) is 4.74 Å². The van der Waals surface area contributed by atoms with Gasteiger partial charge in [0, 0.05) is 11.3 Å². The third-order valence-electron chi connectivity index (χ3n) is 3.46. The predicted octanol–water partition coefficient (Wildman–Crippen LogP) is 3.56. The molecule has 110 valence electrons. The van der Waals surface area contributed by atoms with E-state index in [-0.39, 0.29) is 5.91 Å². The fourth-order valence-corrected chi connectivity index (χ4v) is 2.78. The summed E-state index contributed by atoms with van der Waals surface area (Å²) in [6, 6.07) is 9.83. The zero-order valence-corrected chi connectivity index (χ0v) is 12.7. The van der Waals surface area contributed by atoms with Crippen molar-refractivity contribution in [3.05, 3.63) is 47.0 Å². The van der Waals surface area contributed by atoms with Gasteiger partial charge in [0.05, 0.1) is 12.3 Å². The Hall–Kier alpha value is -1.72. The molecule has 1 aromatic heterocycles. The number of benzene rings is 1. The maximum absolute atomic E-state index is 12.1. The molecule has 1 fully saturated rings. The molecule has 1 amide bonds. The van der Waals surface area contributed by atoms with E-state index in [9.17, 15) is 4.79 Å². The second kappa shape index (κ2) is 6.37. The number of carbonyl (C=O) groups excluding carboxylic acids is 1. The summed E-state index contributed by atoms with van der Waals surface area (Å²) in [5.41, 5.74) is 2.16. The summed E-state index contributed by atoms with van der Waals surface area (Å²) < 4.78 is 5.59. The minimum Gasteiger partial charge on any atom is -0.364 e. The Morgan fingerprint density at radius 3 is 2.90 bits per heavy atom. The summed E-state index contributed by atoms with van der Waals surface area (Å²) in [5, 5.41) is 5.52. The highest BCUT2D eigenvalue weighted by molar-refractivity contribution is 7.13. The third-order valence-corrected chi connectivity index (χ3v) is 4.24. The van der Waals surface area contributed by atoms with Crippen molar-refractivity contribution in [3.8, 4) is 0 Å². The number of nitrogens with zero attached hydrogens (tertiary/aromatic N) is 1. The summed E-state index contributed by atoms with van der Waals surface area (Å²) in [6.45, 7) is 2.19. The van der Waals surface area contributed by atoms with Gasteiger partial charge in [-0.25, -0.2) is 4.98 Å². The van der Waals surface area contributed by atoms with E-state index in [1.165, 1.54) is 24.2 Å². The van der Waals surface area contributed by atoms with E-state index >= 15 is 0 Å². The van der Waals surface area contributed by atoms with Crippen molar-refractivity contribution < 1.29 is 9.53 Å². The van der Waals surface area contributed by atoms with Crippen LogP contribution in [0, 0.1) is 0 Å². The van der Waals surface area contributed by atoms with Crippen LogP contribution in [0.15, 0.2) is 35.7 Å². The van der Waals surface area contributed by atoms with Gasteiger partial charge in [-0.2, -0.15) is 0 Å². The van der Waals surface area contributed by atoms with Crippen molar-refractivity contribution in [1.29, 1.82) is 0 Å². The number of amides is 1. The van der Waals surface area contributed by atoms with E-state index in [0.717, 1.165) is 11.3 Å². The summed E-state index contributed by atoms with van der Waals surface area (Å²) in [5.74, 6) is 0.460. The molecular formula is C16H18N2O2S. The summed E-state index contributed by atoms with van der Waals surface area (Å²) in [4.78, 5) is 16.5. The first-order valence-electron chi connectivity index (χ1n) is 7.14. The first-order valence-corrected chi connectivity index (χ1v) is 8.02. The summed E-state index contributed by atoms with van der Waals surface area (Å²) in [7, 11) is 0. The molecule has 1 aromatic carbocycles. The number of aromatic nitrogens is 1. The van der Waals surface area contributed by atoms with Gasteiger partial charge in [0.1, 0.15) is 6.10 Å². The van der Waals surface area contributed by atoms with E-state index in [2.05, 4.69) is 10.3 Å². The van der Waals surface area contributed by atoms with E-state index in [1.807, 2.05) is 35.7 Å². The monoisotopic (exact) mass is 302 g/mol. The second-order valence-corrected chi connectivity index (χ2v) is 6.14. The zero-order valence-electron chi connectivity index (χ0n) is 11.9. The Morgan fingerprint density at radius 1 is 1.43 bits per heavy atom. The fraction of sp³-hybridized carbons (Fsp3) is 0.375. The summed E-state index contributed by atoms with van der Waals surface area (Å²) in [6.07, 6.45) is 1.93. The highest BCUT2D eigenvalue weighted by atomic mass is 32.1. The molecule has 1 aliphatic carbocycles. The molecule has 2 aromatic rings. The molecule has 0 unspecified atom stereocenters. The number of rotatable bonds is 6. The Bertz CT molecular complexity index is 608. The van der Waals surface area contributed by atoms with E-state index < -0.39 is 6.10 Å². The van der Waals surface area contributed by atoms with Gasteiger partial charge in [-0.3, -0.25) is 10.1 Å². The van der Waals surface area contributed by atoms with Gasteiger partial charge in [0.25, 0.3) is 5.91 Å². The predicted molar refractivity (Wildman–Crippen MR) is 83.4 cm³/mol. The number of thiazole rings is 1. The minimum atomic E-state index is -0.501. The van der Waals surface area contributed by atoms with Crippen LogP contribution >= 0.6 is 11.3 Å². The second-order valence-electron chi connectivity index (χ2n) is 5.28. The van der Waals surface area contributed by atoms with Crippen molar-refractivity contribution in [2.75, 3.05) is 5.32 Å². The minimum absolute atomic E-state index is 0.150. The van der Waals surface area contributed by atoms with Crippen LogP contribution in [0.2, 0.25) is 0 Å². The largest absolute Gasteiger partial charge is 0.364 e. The first-order chi connectivity index (χ1) is 10.2. The average molecular weight is 302 g/mol. The van der Waals surface area contributed by atoms with Gasteiger partial charge in [-0.1, -0.05) is 30.3 Å². The van der Waals surface area contributed by atoms with Crippen LogP contribution in [0.5, 0.6) is 0 Å². The lowest BCUT2D eigenvalue weighted by Crippen LogP contribution is -2.27. The number of hydrogen-bond donors (Lipinski definition) is 1. The standard InChI is InChI=1S/C16H18N2O2S/c1-11(20-9-12-5-3-2-4-6-12)15(19)18-16-17-14(10-21-16)13-7-8-13/h2-6,10-11,13H,7-9H2,1H3,(H,17,18,19)/t11-/m1/s1. The van der Waals surface area contributed by atoms with Crippen LogP contribution in [0.1, 0.15) is 36.9 Å². The molecule has 0 radical (unpaired) electrons. The first kappa shape index (κ1) is 14.2. The molecule has 3 rings (SSSR count). The lowest BCUT2D eigenvalue weighted by atomic mass is 10.2. The van der Waals surface area contributed by atoms with Crippen LogP contribution in [0.4, 0.5) is 5.13 Å². The van der Waals surface area contributed by atoms with Crippen molar-refractivity contribution in [2.24, 2.45) is 0 Å². The molecule has 21 heavy (non-hydrogen) atoms. The Labute approximate surface area is 128 Å². The maximum Gasteiger partial charge on any atom is 0.255 e. The smallest absolute Gasteiger partial charge is 0.255 e. The Kier molecular flexibility index (Phi) is 4.31. The van der Waals surface area contributed by atoms with Gasteiger partial charge in [0.15, 0.2) is 5.13 Å². The van der Waals surface area contributed by atoms with Gasteiger partial charge in [-0.05, 0) is 25.3 Å². The van der Waals surface area contributed by atoms with Gasteiger partial charge in [0.2, 0.25) is 0 Å². The van der Waals surface area contributed by atoms with Crippen LogP contribution in [-0.2, 0) is 16.1 Å². The number of hydrogen-bond acceptors (Lipinski definition) is 4. The van der Waals surface area contributed by atoms with Crippen molar-refractivity contribution in [1.82, 2.24) is 4.98 Å². The van der Waals surface area contributed by atoms with E-state index in [0.29, 0.717) is 17.7 Å². The molecule has 0 saturated heterocycles. The zero-order chi connectivity index (χ0) is 14.7. The molecular weight excluding hydrogens is 284 g/mol. The lowest BCUT2D eigenvalue weighted by molar-refractivity contribution is -0.127. The lowest BCUT2D eigenvalue weighted by Gasteiger charge is -2.12. The van der Waals surface area contributed by atoms with Gasteiger partial charge < -0.3 is 4.74 Å². The molecule has 1 saturated carbocycles. The molecule has 0 spiro atoms. The molecule has 1 N–H and O–H groups in total. The molecule has 5 heteroatoms. The maximum atomic E-state index is 12.1. The van der Waals surface area contributed by atoms with Crippen molar-refractivity contribution in [2.45, 2.75) is 38.4 Å². The molecule has 1 heterocycles. The van der Waals surface area contributed by atoms with Crippen molar-refractivity contribution >= 4 is 22.4 Å². The van der Waals surface area contributed by atoms with Crippen LogP contribution in [0.25, 0.3) is 0 Å². The quantitative estimate of drug-likeness (QED) is 0.887. The molecule has 0 aliphatic heterocycles. The SMILES string of the molecule is C[C@@H](OCc1ccccc1)C(=O)Nc1nc(C2CC2)cs1. The number of anilines is 1. The molecule has 1 atom stereocenters. The van der Waals surface area contributed by atoms with Crippen LogP contribution < -0.4 is 5.32 Å². The fourth-order valence-electron chi connectivity index (χ4n) is 1.99. The van der Waals surface area contributed by atoms with Crippen molar-refractivity contribution in [3.63, 3.8) is 0 Å². The average Bonchev–Trinajstić information content (AvgIpc) is 3.26. The third kappa shape index (κ3) is 3.89. The number of nitrogens with one attached hydrogen (secondary N) is 1. The topological polar surface area (TPSA) is 51.2 Å². The number of carbonyl (C=O) groups is 1. The van der Waals surface area contributed by atoms with Crippen LogP contribution in [-0.4, -0.2) is 17.0 Å².